The summed E-state index contributed by atoms with van der Waals surface area (Å²) in [6.45, 7) is 4.53. The molecule has 3 rings (SSSR count). The standard InChI is InChI=1S/C22H25N3O4/c1-4-28-18-10-12-19(13-11-18)29-15-14-20(26)23-21-16(2)24(3)25(22(21)27)17-8-6-5-7-9-17/h5-13H,4,14-15H2,1-3H3,(H,23,26). The van der Waals surface area contributed by atoms with Crippen molar-refractivity contribution in [2.75, 3.05) is 18.5 Å². The van der Waals surface area contributed by atoms with Crippen molar-refractivity contribution < 1.29 is 14.3 Å². The number of hydrogen-bond acceptors (Lipinski definition) is 4. The van der Waals surface area contributed by atoms with Crippen LogP contribution in [0, 0.1) is 6.92 Å². The summed E-state index contributed by atoms with van der Waals surface area (Å²) in [6, 6.07) is 16.5. The molecule has 0 atom stereocenters. The van der Waals surface area contributed by atoms with Crippen LogP contribution in [0.5, 0.6) is 11.5 Å². The first-order chi connectivity index (χ1) is 14.0. The molecule has 7 nitrogen and oxygen atoms in total. The van der Waals surface area contributed by atoms with E-state index in [1.165, 1.54) is 4.68 Å². The molecule has 0 fully saturated rings. The van der Waals surface area contributed by atoms with Crippen LogP contribution in [0.1, 0.15) is 19.0 Å². The maximum Gasteiger partial charge on any atom is 0.295 e. The number of para-hydroxylation sites is 1. The molecule has 0 saturated carbocycles. The Kier molecular flexibility index (Phi) is 6.39. The number of nitrogens with one attached hydrogen (secondary N) is 1. The number of rotatable bonds is 8. The molecular formula is C22H25N3O4. The topological polar surface area (TPSA) is 74.5 Å². The lowest BCUT2D eigenvalue weighted by Gasteiger charge is -2.08. The second-order valence-corrected chi connectivity index (χ2v) is 6.49. The van der Waals surface area contributed by atoms with Crippen LogP contribution in [0.2, 0.25) is 0 Å². The fourth-order valence-electron chi connectivity index (χ4n) is 2.97. The second kappa shape index (κ2) is 9.14. The van der Waals surface area contributed by atoms with E-state index >= 15 is 0 Å². The van der Waals surface area contributed by atoms with Gasteiger partial charge in [-0.25, -0.2) is 4.68 Å². The van der Waals surface area contributed by atoms with Crippen LogP contribution in [-0.4, -0.2) is 28.5 Å². The number of carbonyl (C=O) groups excluding carboxylic acids is 1. The fraction of sp³-hybridized carbons (Fsp3) is 0.273. The summed E-state index contributed by atoms with van der Waals surface area (Å²) in [6.07, 6.45) is 0.131. The number of hydrogen-bond donors (Lipinski definition) is 1. The van der Waals surface area contributed by atoms with E-state index in [1.54, 1.807) is 30.8 Å². The van der Waals surface area contributed by atoms with Gasteiger partial charge in [0, 0.05) is 7.05 Å². The van der Waals surface area contributed by atoms with Gasteiger partial charge in [-0.15, -0.1) is 0 Å². The quantitative estimate of drug-likeness (QED) is 0.635. The summed E-state index contributed by atoms with van der Waals surface area (Å²) in [5, 5.41) is 2.73. The van der Waals surface area contributed by atoms with E-state index in [1.807, 2.05) is 49.4 Å². The van der Waals surface area contributed by atoms with Gasteiger partial charge in [-0.2, -0.15) is 0 Å². The number of nitrogens with zero attached hydrogens (tertiary/aromatic N) is 2. The maximum atomic E-state index is 12.8. The van der Waals surface area contributed by atoms with Crippen LogP contribution in [0.3, 0.4) is 0 Å². The van der Waals surface area contributed by atoms with Crippen molar-refractivity contribution in [2.45, 2.75) is 20.3 Å². The van der Waals surface area contributed by atoms with Crippen LogP contribution < -0.4 is 20.3 Å². The maximum absolute atomic E-state index is 12.8. The van der Waals surface area contributed by atoms with Crippen LogP contribution >= 0.6 is 0 Å². The Labute approximate surface area is 169 Å². The molecule has 0 radical (unpaired) electrons. The minimum absolute atomic E-state index is 0.131. The molecule has 1 aromatic heterocycles. The smallest absolute Gasteiger partial charge is 0.295 e. The van der Waals surface area contributed by atoms with Crippen LogP contribution in [0.4, 0.5) is 5.69 Å². The van der Waals surface area contributed by atoms with E-state index in [9.17, 15) is 9.59 Å². The summed E-state index contributed by atoms with van der Waals surface area (Å²) in [5.41, 5.74) is 1.43. The van der Waals surface area contributed by atoms with Gasteiger partial charge in [0.25, 0.3) is 5.56 Å². The average Bonchev–Trinajstić information content (AvgIpc) is 2.93. The summed E-state index contributed by atoms with van der Waals surface area (Å²) in [7, 11) is 1.79. The van der Waals surface area contributed by atoms with E-state index in [-0.39, 0.29) is 30.2 Å². The normalized spacial score (nSPS) is 10.6. The molecule has 0 aliphatic carbocycles. The van der Waals surface area contributed by atoms with E-state index in [0.29, 0.717) is 18.1 Å². The molecule has 1 amide bonds. The monoisotopic (exact) mass is 395 g/mol. The Morgan fingerprint density at radius 1 is 1.00 bits per heavy atom. The summed E-state index contributed by atoms with van der Waals surface area (Å²) < 4.78 is 14.2. The average molecular weight is 395 g/mol. The van der Waals surface area contributed by atoms with Gasteiger partial charge in [-0.3, -0.25) is 14.3 Å². The molecule has 0 aliphatic heterocycles. The predicted octanol–water partition coefficient (Wildman–Crippen LogP) is 3.29. The molecule has 29 heavy (non-hydrogen) atoms. The number of anilines is 1. The molecule has 0 unspecified atom stereocenters. The number of amides is 1. The van der Waals surface area contributed by atoms with Gasteiger partial charge in [0.05, 0.1) is 31.0 Å². The third kappa shape index (κ3) is 4.68. The Morgan fingerprint density at radius 3 is 2.24 bits per heavy atom. The van der Waals surface area contributed by atoms with Gasteiger partial charge in [-0.05, 0) is 50.2 Å². The van der Waals surface area contributed by atoms with E-state index in [4.69, 9.17) is 9.47 Å². The van der Waals surface area contributed by atoms with Crippen LogP contribution in [-0.2, 0) is 11.8 Å². The van der Waals surface area contributed by atoms with Crippen molar-refractivity contribution in [3.63, 3.8) is 0 Å². The molecule has 0 spiro atoms. The molecule has 3 aromatic rings. The van der Waals surface area contributed by atoms with E-state index in [0.717, 1.165) is 11.4 Å². The van der Waals surface area contributed by atoms with Gasteiger partial charge in [-0.1, -0.05) is 18.2 Å². The number of ether oxygens (including phenoxy) is 2. The Morgan fingerprint density at radius 2 is 1.62 bits per heavy atom. The summed E-state index contributed by atoms with van der Waals surface area (Å²) in [4.78, 5) is 25.1. The van der Waals surface area contributed by atoms with E-state index in [2.05, 4.69) is 5.32 Å². The molecule has 1 heterocycles. The highest BCUT2D eigenvalue weighted by Crippen LogP contribution is 2.18. The van der Waals surface area contributed by atoms with Gasteiger partial charge >= 0.3 is 0 Å². The first kappa shape index (κ1) is 20.3. The van der Waals surface area contributed by atoms with Crippen molar-refractivity contribution in [1.29, 1.82) is 0 Å². The third-order valence-corrected chi connectivity index (χ3v) is 4.55. The zero-order chi connectivity index (χ0) is 20.8. The molecule has 0 aliphatic rings. The van der Waals surface area contributed by atoms with Gasteiger partial charge < -0.3 is 14.8 Å². The lowest BCUT2D eigenvalue weighted by atomic mass is 10.3. The molecular weight excluding hydrogens is 370 g/mol. The molecule has 0 bridgehead atoms. The molecule has 7 heteroatoms. The summed E-state index contributed by atoms with van der Waals surface area (Å²) >= 11 is 0. The van der Waals surface area contributed by atoms with Crippen molar-refractivity contribution in [3.05, 3.63) is 70.6 Å². The first-order valence-electron chi connectivity index (χ1n) is 9.50. The lowest BCUT2D eigenvalue weighted by Crippen LogP contribution is -2.23. The zero-order valence-electron chi connectivity index (χ0n) is 16.8. The fourth-order valence-corrected chi connectivity index (χ4v) is 2.97. The van der Waals surface area contributed by atoms with Gasteiger partial charge in [0.2, 0.25) is 5.91 Å². The van der Waals surface area contributed by atoms with Crippen LogP contribution in [0.25, 0.3) is 5.69 Å². The number of benzene rings is 2. The second-order valence-electron chi connectivity index (χ2n) is 6.49. The predicted molar refractivity (Wildman–Crippen MR) is 112 cm³/mol. The Bertz CT molecular complexity index is 1020. The molecule has 2 aromatic carbocycles. The summed E-state index contributed by atoms with van der Waals surface area (Å²) in [5.74, 6) is 1.15. The van der Waals surface area contributed by atoms with Crippen molar-refractivity contribution in [1.82, 2.24) is 9.36 Å². The highest BCUT2D eigenvalue weighted by molar-refractivity contribution is 5.91. The van der Waals surface area contributed by atoms with Gasteiger partial charge in [0.15, 0.2) is 0 Å². The van der Waals surface area contributed by atoms with E-state index < -0.39 is 0 Å². The largest absolute Gasteiger partial charge is 0.494 e. The minimum atomic E-state index is -0.276. The highest BCUT2D eigenvalue weighted by Gasteiger charge is 2.18. The van der Waals surface area contributed by atoms with Crippen molar-refractivity contribution in [2.24, 2.45) is 7.05 Å². The Hall–Kier alpha value is -3.48. The van der Waals surface area contributed by atoms with Gasteiger partial charge in [0.1, 0.15) is 17.2 Å². The third-order valence-electron chi connectivity index (χ3n) is 4.55. The lowest BCUT2D eigenvalue weighted by molar-refractivity contribution is -0.116. The van der Waals surface area contributed by atoms with Crippen LogP contribution in [0.15, 0.2) is 59.4 Å². The highest BCUT2D eigenvalue weighted by atomic mass is 16.5. The molecule has 1 N–H and O–H groups in total. The molecule has 152 valence electrons. The zero-order valence-corrected chi connectivity index (χ0v) is 16.8. The molecule has 0 saturated heterocycles. The SMILES string of the molecule is CCOc1ccc(OCCC(=O)Nc2c(C)n(C)n(-c3ccccc3)c2=O)cc1. The Balaban J connectivity index is 1.62. The van der Waals surface area contributed by atoms with Crippen molar-refractivity contribution in [3.8, 4) is 17.2 Å². The first-order valence-corrected chi connectivity index (χ1v) is 9.50. The van der Waals surface area contributed by atoms with Crippen molar-refractivity contribution >= 4 is 11.6 Å². The minimum Gasteiger partial charge on any atom is -0.494 e. The number of aromatic nitrogens is 2. The number of carbonyl (C=O) groups is 1.